The Hall–Kier alpha value is -1.55. The van der Waals surface area contributed by atoms with E-state index in [9.17, 15) is 15.1 Å². The van der Waals surface area contributed by atoms with Crippen molar-refractivity contribution in [2.45, 2.75) is 19.0 Å². The number of fused-ring (bicyclic) bond motifs is 1. The van der Waals surface area contributed by atoms with Crippen LogP contribution < -0.4 is 11.3 Å². The van der Waals surface area contributed by atoms with Crippen molar-refractivity contribution in [2.75, 3.05) is 24.3 Å². The predicted molar refractivity (Wildman–Crippen MR) is 82.4 cm³/mol. The Morgan fingerprint density at radius 2 is 2.29 bits per heavy atom. The molecule has 2 rings (SSSR count). The molecule has 0 fully saturated rings. The number of anilines is 1. The highest BCUT2D eigenvalue weighted by Crippen LogP contribution is 2.26. The number of aromatic nitrogens is 3. The summed E-state index contributed by atoms with van der Waals surface area (Å²) in [7, 11) is 0. The second-order valence-electron chi connectivity index (χ2n) is 4.80. The molecule has 21 heavy (non-hydrogen) atoms. The molecule has 0 aliphatic rings. The average molecular weight is 313 g/mol. The minimum Gasteiger partial charge on any atom is -0.394 e. The van der Waals surface area contributed by atoms with Gasteiger partial charge in [0.1, 0.15) is 11.0 Å². The largest absolute Gasteiger partial charge is 0.394 e. The van der Waals surface area contributed by atoms with Gasteiger partial charge in [0.2, 0.25) is 5.95 Å². The van der Waals surface area contributed by atoms with Gasteiger partial charge in [0.25, 0.3) is 5.56 Å². The number of hydrogen-bond donors (Lipinski definition) is 5. The van der Waals surface area contributed by atoms with E-state index in [1.165, 1.54) is 0 Å². The Kier molecular flexibility index (Phi) is 4.88. The Balaban J connectivity index is 2.45. The third kappa shape index (κ3) is 3.05. The molecule has 9 heteroatoms. The molecule has 2 unspecified atom stereocenters. The lowest BCUT2D eigenvalue weighted by Gasteiger charge is -2.29. The molecular weight excluding hydrogens is 294 g/mol. The normalized spacial score (nSPS) is 14.7. The second-order valence-corrected chi connectivity index (χ2v) is 5.71. The maximum Gasteiger partial charge on any atom is 0.276 e. The van der Waals surface area contributed by atoms with E-state index in [0.717, 1.165) is 5.06 Å². The summed E-state index contributed by atoms with van der Waals surface area (Å²) in [6, 6.07) is -0.851. The van der Waals surface area contributed by atoms with Crippen molar-refractivity contribution in [3.63, 3.8) is 0 Å². The zero-order chi connectivity index (χ0) is 15.6. The molecule has 0 aliphatic heterocycles. The van der Waals surface area contributed by atoms with Crippen LogP contribution in [0, 0.1) is 0 Å². The van der Waals surface area contributed by atoms with Gasteiger partial charge in [-0.1, -0.05) is 0 Å². The van der Waals surface area contributed by atoms with E-state index in [1.807, 2.05) is 13.2 Å². The molecule has 2 aromatic heterocycles. The Bertz CT molecular complexity index is 670. The lowest BCUT2D eigenvalue weighted by atomic mass is 10.1. The van der Waals surface area contributed by atoms with Crippen LogP contribution in [-0.2, 0) is 0 Å². The predicted octanol–water partition coefficient (Wildman–Crippen LogP) is 0.309. The first-order valence-corrected chi connectivity index (χ1v) is 7.82. The summed E-state index contributed by atoms with van der Waals surface area (Å²) < 4.78 is 0. The van der Waals surface area contributed by atoms with Crippen LogP contribution in [-0.4, -0.2) is 55.0 Å². The molecule has 116 valence electrons. The van der Waals surface area contributed by atoms with Gasteiger partial charge in [-0.2, -0.15) is 16.8 Å². The Labute approximate surface area is 125 Å². The fourth-order valence-electron chi connectivity index (χ4n) is 2.26. The minimum atomic E-state index is -0.686. The molecule has 0 aliphatic carbocycles. The molecule has 2 heterocycles. The standard InChI is InChI=1S/C12H19N5O3S/c1-6(5-21-2)17(20)8(4-18)7-3-14-10-9(7)15-12(13)16-11(10)19/h3,6,8,14,18,20H,4-5H2,1-2H3,(H3,13,15,16,19). The molecule has 0 saturated carbocycles. The van der Waals surface area contributed by atoms with Crippen LogP contribution in [0.15, 0.2) is 11.0 Å². The molecule has 8 nitrogen and oxygen atoms in total. The highest BCUT2D eigenvalue weighted by atomic mass is 32.2. The Morgan fingerprint density at radius 3 is 2.90 bits per heavy atom. The van der Waals surface area contributed by atoms with E-state index in [1.54, 1.807) is 18.0 Å². The molecule has 6 N–H and O–H groups in total. The molecule has 0 aromatic carbocycles. The molecule has 0 radical (unpaired) electrons. The van der Waals surface area contributed by atoms with Crippen LogP contribution in [0.4, 0.5) is 5.95 Å². The van der Waals surface area contributed by atoms with Crippen LogP contribution in [0.3, 0.4) is 0 Å². The van der Waals surface area contributed by atoms with Crippen LogP contribution >= 0.6 is 11.8 Å². The van der Waals surface area contributed by atoms with Crippen LogP contribution in [0.1, 0.15) is 18.5 Å². The van der Waals surface area contributed by atoms with Crippen molar-refractivity contribution in [2.24, 2.45) is 0 Å². The summed E-state index contributed by atoms with van der Waals surface area (Å²) in [6.07, 6.45) is 3.49. The zero-order valence-corrected chi connectivity index (χ0v) is 12.6. The van der Waals surface area contributed by atoms with Crippen molar-refractivity contribution in [1.82, 2.24) is 20.0 Å². The van der Waals surface area contributed by atoms with E-state index >= 15 is 0 Å². The molecule has 0 saturated heterocycles. The number of H-pyrrole nitrogens is 2. The lowest BCUT2D eigenvalue weighted by Crippen LogP contribution is -2.37. The third-order valence-corrected chi connectivity index (χ3v) is 4.11. The number of nitrogen functional groups attached to an aromatic ring is 1. The minimum absolute atomic E-state index is 0.00769. The van der Waals surface area contributed by atoms with Gasteiger partial charge in [-0.15, -0.1) is 0 Å². The van der Waals surface area contributed by atoms with Gasteiger partial charge in [0.05, 0.1) is 12.6 Å². The van der Waals surface area contributed by atoms with Gasteiger partial charge in [0, 0.05) is 23.6 Å². The number of nitrogens with one attached hydrogen (secondary N) is 2. The fourth-order valence-corrected chi connectivity index (χ4v) is 2.89. The van der Waals surface area contributed by atoms with Crippen LogP contribution in [0.25, 0.3) is 11.0 Å². The lowest BCUT2D eigenvalue weighted by molar-refractivity contribution is -0.161. The summed E-state index contributed by atoms with van der Waals surface area (Å²) >= 11 is 1.59. The SMILES string of the molecule is CSCC(C)N(O)C(CO)c1c[nH]c2c(=O)[nH]c(N)nc12. The first-order valence-electron chi connectivity index (χ1n) is 6.43. The number of thioether (sulfide) groups is 1. The van der Waals surface area contributed by atoms with E-state index < -0.39 is 6.04 Å². The van der Waals surface area contributed by atoms with Gasteiger partial charge in [0.15, 0.2) is 0 Å². The van der Waals surface area contributed by atoms with Crippen molar-refractivity contribution in [3.8, 4) is 0 Å². The maximum atomic E-state index is 11.8. The topological polar surface area (TPSA) is 131 Å². The third-order valence-electron chi connectivity index (χ3n) is 3.29. The van der Waals surface area contributed by atoms with Crippen molar-refractivity contribution < 1.29 is 10.3 Å². The highest BCUT2D eigenvalue weighted by Gasteiger charge is 2.26. The van der Waals surface area contributed by atoms with Crippen LogP contribution in [0.5, 0.6) is 0 Å². The smallest absolute Gasteiger partial charge is 0.276 e. The number of hydrogen-bond acceptors (Lipinski definition) is 7. The molecule has 2 atom stereocenters. The first kappa shape index (κ1) is 15.8. The average Bonchev–Trinajstić information content (AvgIpc) is 2.84. The first-order chi connectivity index (χ1) is 9.99. The number of aromatic amines is 2. The number of aliphatic hydroxyl groups excluding tert-OH is 1. The maximum absolute atomic E-state index is 11.8. The van der Waals surface area contributed by atoms with Gasteiger partial charge in [-0.3, -0.25) is 9.78 Å². The molecule has 0 amide bonds. The van der Waals surface area contributed by atoms with E-state index in [2.05, 4.69) is 15.0 Å². The van der Waals surface area contributed by atoms with Gasteiger partial charge in [-0.25, -0.2) is 4.98 Å². The number of nitrogens with zero attached hydrogens (tertiary/aromatic N) is 2. The highest BCUT2D eigenvalue weighted by molar-refractivity contribution is 7.98. The van der Waals surface area contributed by atoms with Gasteiger partial charge >= 0.3 is 0 Å². The summed E-state index contributed by atoms with van der Waals surface area (Å²) in [5.41, 5.74) is 6.32. The Morgan fingerprint density at radius 1 is 1.57 bits per heavy atom. The summed E-state index contributed by atoms with van der Waals surface area (Å²) in [4.78, 5) is 21.1. The quantitative estimate of drug-likeness (QED) is 0.485. The number of aliphatic hydroxyl groups is 1. The number of nitrogens with two attached hydrogens (primary N) is 1. The van der Waals surface area contributed by atoms with Gasteiger partial charge in [-0.05, 0) is 13.2 Å². The van der Waals surface area contributed by atoms with E-state index in [-0.39, 0.29) is 29.7 Å². The summed E-state index contributed by atoms with van der Waals surface area (Å²) in [5.74, 6) is 0.692. The second kappa shape index (κ2) is 6.48. The number of rotatable bonds is 6. The van der Waals surface area contributed by atoms with Crippen molar-refractivity contribution in [3.05, 3.63) is 22.1 Å². The van der Waals surface area contributed by atoms with Gasteiger partial charge < -0.3 is 21.0 Å². The fraction of sp³-hybridized carbons (Fsp3) is 0.500. The van der Waals surface area contributed by atoms with Crippen molar-refractivity contribution in [1.29, 1.82) is 0 Å². The molecule has 0 spiro atoms. The van der Waals surface area contributed by atoms with E-state index in [0.29, 0.717) is 16.8 Å². The molecular formula is C12H19N5O3S. The molecule has 0 bridgehead atoms. The number of hydroxylamine groups is 2. The summed E-state index contributed by atoms with van der Waals surface area (Å²) in [5, 5.41) is 21.0. The van der Waals surface area contributed by atoms with Crippen molar-refractivity contribution >= 4 is 28.7 Å². The molecule has 2 aromatic rings. The zero-order valence-electron chi connectivity index (χ0n) is 11.8. The van der Waals surface area contributed by atoms with Crippen LogP contribution in [0.2, 0.25) is 0 Å². The summed E-state index contributed by atoms with van der Waals surface area (Å²) in [6.45, 7) is 1.54. The van der Waals surface area contributed by atoms with E-state index in [4.69, 9.17) is 5.73 Å². The monoisotopic (exact) mass is 313 g/mol.